The first-order chi connectivity index (χ1) is 11.6. The Morgan fingerprint density at radius 2 is 1.96 bits per heavy atom. The molecule has 1 aliphatic rings. The number of amides is 1. The summed E-state index contributed by atoms with van der Waals surface area (Å²) in [4.78, 5) is 25.3. The third-order valence-corrected chi connectivity index (χ3v) is 3.98. The molecule has 0 atom stereocenters. The second-order valence-corrected chi connectivity index (χ2v) is 5.87. The Morgan fingerprint density at radius 3 is 2.62 bits per heavy atom. The molecule has 0 radical (unpaired) electrons. The van der Waals surface area contributed by atoms with Gasteiger partial charge in [0.2, 0.25) is 0 Å². The molecule has 24 heavy (non-hydrogen) atoms. The van der Waals surface area contributed by atoms with Crippen molar-refractivity contribution in [1.29, 1.82) is 0 Å². The monoisotopic (exact) mass is 355 g/mol. The summed E-state index contributed by atoms with van der Waals surface area (Å²) in [7, 11) is 0. The Labute approximate surface area is 146 Å². The van der Waals surface area contributed by atoms with E-state index in [0.29, 0.717) is 43.3 Å². The normalized spacial score (nSPS) is 15.0. The van der Waals surface area contributed by atoms with Crippen molar-refractivity contribution in [3.63, 3.8) is 0 Å². The fraction of sp³-hybridized carbons (Fsp3) is 0.529. The molecule has 1 aliphatic heterocycles. The molecule has 7 heteroatoms. The Balaban J connectivity index is 1.64. The van der Waals surface area contributed by atoms with E-state index in [1.807, 2.05) is 0 Å². The molecule has 1 aromatic carbocycles. The van der Waals surface area contributed by atoms with Gasteiger partial charge in [-0.1, -0.05) is 17.7 Å². The van der Waals surface area contributed by atoms with Crippen LogP contribution in [0.1, 0.15) is 19.8 Å². The zero-order valence-corrected chi connectivity index (χ0v) is 14.5. The van der Waals surface area contributed by atoms with Crippen molar-refractivity contribution >= 4 is 23.7 Å². The maximum absolute atomic E-state index is 12.0. The summed E-state index contributed by atoms with van der Waals surface area (Å²) in [5.41, 5.74) is 0. The smallest absolute Gasteiger partial charge is 0.409 e. The molecule has 0 bridgehead atoms. The van der Waals surface area contributed by atoms with Gasteiger partial charge in [-0.2, -0.15) is 0 Å². The van der Waals surface area contributed by atoms with E-state index in [0.717, 1.165) is 0 Å². The molecule has 1 amide bonds. The van der Waals surface area contributed by atoms with Gasteiger partial charge in [0.25, 0.3) is 0 Å². The standard InChI is InChI=1S/C17H22ClNO5/c1-2-22-17(21)19-8-6-13(7-9-19)16(20)24-11-10-23-15-5-3-4-14(18)12-15/h3-5,12-13H,2,6-11H2,1H3. The van der Waals surface area contributed by atoms with Crippen molar-refractivity contribution in [2.24, 2.45) is 5.92 Å². The number of likely N-dealkylation sites (tertiary alicyclic amines) is 1. The van der Waals surface area contributed by atoms with Gasteiger partial charge in [-0.15, -0.1) is 0 Å². The zero-order chi connectivity index (χ0) is 17.4. The summed E-state index contributed by atoms with van der Waals surface area (Å²) in [5, 5.41) is 0.595. The van der Waals surface area contributed by atoms with E-state index >= 15 is 0 Å². The van der Waals surface area contributed by atoms with E-state index in [1.54, 1.807) is 36.1 Å². The first-order valence-corrected chi connectivity index (χ1v) is 8.44. The molecular formula is C17H22ClNO5. The van der Waals surface area contributed by atoms with Crippen LogP contribution in [-0.4, -0.2) is 49.9 Å². The number of carbonyl (C=O) groups excluding carboxylic acids is 2. The molecule has 0 spiro atoms. The predicted octanol–water partition coefficient (Wildman–Crippen LogP) is 3.13. The first-order valence-electron chi connectivity index (χ1n) is 8.07. The summed E-state index contributed by atoms with van der Waals surface area (Å²) < 4.78 is 15.7. The SMILES string of the molecule is CCOC(=O)N1CCC(C(=O)OCCOc2cccc(Cl)c2)CC1. The highest BCUT2D eigenvalue weighted by molar-refractivity contribution is 6.30. The summed E-state index contributed by atoms with van der Waals surface area (Å²) in [5.74, 6) is 0.219. The predicted molar refractivity (Wildman–Crippen MR) is 89.2 cm³/mol. The number of rotatable bonds is 6. The highest BCUT2D eigenvalue weighted by atomic mass is 35.5. The van der Waals surface area contributed by atoms with Gasteiger partial charge in [-0.25, -0.2) is 4.79 Å². The van der Waals surface area contributed by atoms with E-state index in [2.05, 4.69) is 0 Å². The van der Waals surface area contributed by atoms with Gasteiger partial charge in [0, 0.05) is 18.1 Å². The highest BCUT2D eigenvalue weighted by Crippen LogP contribution is 2.20. The van der Waals surface area contributed by atoms with Crippen LogP contribution < -0.4 is 4.74 Å². The quantitative estimate of drug-likeness (QED) is 0.579. The van der Waals surface area contributed by atoms with Crippen molar-refractivity contribution in [2.45, 2.75) is 19.8 Å². The Kier molecular flexibility index (Phi) is 7.18. The number of halogens is 1. The summed E-state index contributed by atoms with van der Waals surface area (Å²) in [6, 6.07) is 7.05. The lowest BCUT2D eigenvalue weighted by atomic mass is 9.97. The number of benzene rings is 1. The third kappa shape index (κ3) is 5.60. The average Bonchev–Trinajstić information content (AvgIpc) is 2.59. The van der Waals surface area contributed by atoms with Gasteiger partial charge >= 0.3 is 12.1 Å². The first kappa shape index (κ1) is 18.4. The maximum Gasteiger partial charge on any atom is 0.409 e. The molecule has 132 valence electrons. The van der Waals surface area contributed by atoms with Crippen molar-refractivity contribution in [1.82, 2.24) is 4.90 Å². The minimum Gasteiger partial charge on any atom is -0.490 e. The minimum atomic E-state index is -0.320. The van der Waals surface area contributed by atoms with Crippen LogP contribution in [0, 0.1) is 5.92 Å². The molecule has 0 unspecified atom stereocenters. The molecule has 0 aliphatic carbocycles. The molecule has 0 N–H and O–H groups in total. The fourth-order valence-electron chi connectivity index (χ4n) is 2.49. The van der Waals surface area contributed by atoms with Crippen LogP contribution in [0.15, 0.2) is 24.3 Å². The molecular weight excluding hydrogens is 334 g/mol. The van der Waals surface area contributed by atoms with Crippen LogP contribution >= 0.6 is 11.6 Å². The molecule has 1 fully saturated rings. The summed E-state index contributed by atoms with van der Waals surface area (Å²) in [6.07, 6.45) is 0.860. The number of carbonyl (C=O) groups is 2. The molecule has 1 saturated heterocycles. The number of esters is 1. The fourth-order valence-corrected chi connectivity index (χ4v) is 2.67. The van der Waals surface area contributed by atoms with Gasteiger partial charge in [-0.05, 0) is 38.0 Å². The van der Waals surface area contributed by atoms with Crippen LogP contribution in [0.25, 0.3) is 0 Å². The van der Waals surface area contributed by atoms with Crippen LogP contribution in [0.2, 0.25) is 5.02 Å². The number of piperidine rings is 1. The lowest BCUT2D eigenvalue weighted by Crippen LogP contribution is -2.41. The van der Waals surface area contributed by atoms with Crippen LogP contribution in [-0.2, 0) is 14.3 Å². The van der Waals surface area contributed by atoms with Gasteiger partial charge < -0.3 is 19.1 Å². The van der Waals surface area contributed by atoms with Crippen LogP contribution in [0.4, 0.5) is 4.79 Å². The second kappa shape index (κ2) is 9.37. The lowest BCUT2D eigenvalue weighted by Gasteiger charge is -2.30. The Hall–Kier alpha value is -1.95. The van der Waals surface area contributed by atoms with Crippen molar-refractivity contribution in [3.05, 3.63) is 29.3 Å². The molecule has 6 nitrogen and oxygen atoms in total. The Morgan fingerprint density at radius 1 is 1.21 bits per heavy atom. The molecule has 0 aromatic heterocycles. The topological polar surface area (TPSA) is 65.1 Å². The molecule has 1 aromatic rings. The zero-order valence-electron chi connectivity index (χ0n) is 13.7. The highest BCUT2D eigenvalue weighted by Gasteiger charge is 2.28. The maximum atomic E-state index is 12.0. The average molecular weight is 356 g/mol. The van der Waals surface area contributed by atoms with Gasteiger partial charge in [0.05, 0.1) is 12.5 Å². The van der Waals surface area contributed by atoms with Crippen molar-refractivity contribution in [2.75, 3.05) is 32.9 Å². The number of ether oxygens (including phenoxy) is 3. The van der Waals surface area contributed by atoms with Crippen molar-refractivity contribution < 1.29 is 23.8 Å². The third-order valence-electron chi connectivity index (χ3n) is 3.75. The minimum absolute atomic E-state index is 0.179. The summed E-state index contributed by atoms with van der Waals surface area (Å²) in [6.45, 7) is 3.60. The van der Waals surface area contributed by atoms with Gasteiger partial charge in [0.1, 0.15) is 19.0 Å². The van der Waals surface area contributed by atoms with E-state index in [9.17, 15) is 9.59 Å². The van der Waals surface area contributed by atoms with Crippen LogP contribution in [0.3, 0.4) is 0 Å². The number of nitrogens with zero attached hydrogens (tertiary/aromatic N) is 1. The van der Waals surface area contributed by atoms with Gasteiger partial charge in [-0.3, -0.25) is 4.79 Å². The molecule has 2 rings (SSSR count). The van der Waals surface area contributed by atoms with Gasteiger partial charge in [0.15, 0.2) is 0 Å². The van der Waals surface area contributed by atoms with E-state index in [1.165, 1.54) is 0 Å². The molecule has 0 saturated carbocycles. The Bertz CT molecular complexity index is 558. The van der Waals surface area contributed by atoms with E-state index in [4.69, 9.17) is 25.8 Å². The number of hydrogen-bond acceptors (Lipinski definition) is 5. The summed E-state index contributed by atoms with van der Waals surface area (Å²) >= 11 is 5.86. The lowest BCUT2D eigenvalue weighted by molar-refractivity contribution is -0.150. The van der Waals surface area contributed by atoms with Crippen LogP contribution in [0.5, 0.6) is 5.75 Å². The second-order valence-electron chi connectivity index (χ2n) is 5.43. The van der Waals surface area contributed by atoms with E-state index < -0.39 is 0 Å². The van der Waals surface area contributed by atoms with E-state index in [-0.39, 0.29) is 31.2 Å². The number of hydrogen-bond donors (Lipinski definition) is 0. The molecule has 1 heterocycles. The van der Waals surface area contributed by atoms with Crippen molar-refractivity contribution in [3.8, 4) is 5.75 Å². The largest absolute Gasteiger partial charge is 0.490 e.